The summed E-state index contributed by atoms with van der Waals surface area (Å²) in [5, 5.41) is 8.47. The van der Waals surface area contributed by atoms with Crippen LogP contribution in [0.3, 0.4) is 0 Å². The lowest BCUT2D eigenvalue weighted by molar-refractivity contribution is -0.125. The van der Waals surface area contributed by atoms with Gasteiger partial charge in [-0.15, -0.1) is 24.0 Å². The van der Waals surface area contributed by atoms with E-state index in [0.717, 1.165) is 24.6 Å². The molecule has 3 atom stereocenters. The van der Waals surface area contributed by atoms with Crippen molar-refractivity contribution >= 4 is 40.8 Å². The first-order valence-corrected chi connectivity index (χ1v) is 10.8. The molecule has 5 nitrogen and oxygen atoms in total. The second-order valence-electron chi connectivity index (χ2n) is 8.49. The molecule has 0 bridgehead atoms. The zero-order chi connectivity index (χ0) is 19.0. The summed E-state index contributed by atoms with van der Waals surface area (Å²) in [5.41, 5.74) is 2.58. The first-order valence-electron chi connectivity index (χ1n) is 10.8. The number of nitrogens with zero attached hydrogens (tertiary/aromatic N) is 2. The molecule has 2 N–H and O–H groups in total. The summed E-state index contributed by atoms with van der Waals surface area (Å²) in [6, 6.07) is 10.9. The highest BCUT2D eigenvalue weighted by atomic mass is 127. The van der Waals surface area contributed by atoms with Crippen molar-refractivity contribution in [1.82, 2.24) is 15.6 Å². The monoisotopic (exact) mass is 506 g/mol. The predicted octanol–water partition coefficient (Wildman–Crippen LogP) is 4.26. The van der Waals surface area contributed by atoms with Gasteiger partial charge in [-0.3, -0.25) is 4.98 Å². The van der Waals surface area contributed by atoms with Crippen LogP contribution in [0.1, 0.15) is 44.6 Å². The van der Waals surface area contributed by atoms with Gasteiger partial charge >= 0.3 is 0 Å². The largest absolute Gasteiger partial charge is 0.377 e. The average molecular weight is 506 g/mol. The number of para-hydroxylation sites is 1. The fraction of sp³-hybridized carbons (Fsp3) is 0.565. The Kier molecular flexibility index (Phi) is 6.30. The van der Waals surface area contributed by atoms with E-state index in [1.807, 2.05) is 12.3 Å². The lowest BCUT2D eigenvalue weighted by atomic mass is 9.54. The summed E-state index contributed by atoms with van der Waals surface area (Å²) in [5.74, 6) is 1.58. The molecule has 2 aromatic rings. The summed E-state index contributed by atoms with van der Waals surface area (Å²) >= 11 is 0. The zero-order valence-electron chi connectivity index (χ0n) is 17.1. The highest BCUT2D eigenvalue weighted by molar-refractivity contribution is 14.0. The minimum Gasteiger partial charge on any atom is -0.377 e. The van der Waals surface area contributed by atoms with Gasteiger partial charge in [-0.05, 0) is 43.9 Å². The number of aliphatic imine (C=N–C) groups is 1. The average Bonchev–Trinajstić information content (AvgIpc) is 3.39. The fourth-order valence-electron chi connectivity index (χ4n) is 5.83. The van der Waals surface area contributed by atoms with Gasteiger partial charge in [0, 0.05) is 42.1 Å². The highest BCUT2D eigenvalue weighted by Crippen LogP contribution is 2.60. The molecule has 29 heavy (non-hydrogen) atoms. The summed E-state index contributed by atoms with van der Waals surface area (Å²) in [6.45, 7) is 4.58. The molecular weight excluding hydrogens is 475 g/mol. The summed E-state index contributed by atoms with van der Waals surface area (Å²) in [6.07, 6.45) is 8.79. The van der Waals surface area contributed by atoms with Gasteiger partial charge < -0.3 is 15.4 Å². The molecule has 3 unspecified atom stereocenters. The quantitative estimate of drug-likeness (QED) is 0.370. The lowest BCUT2D eigenvalue weighted by Crippen LogP contribution is -2.69. The van der Waals surface area contributed by atoms with Crippen LogP contribution in [-0.2, 0) is 11.3 Å². The van der Waals surface area contributed by atoms with Crippen molar-refractivity contribution < 1.29 is 4.74 Å². The SMILES string of the molecule is CCNC(=NCc1ccnc2ccccc12)NC1C2CCOC2C12CCCC2.I. The van der Waals surface area contributed by atoms with E-state index in [4.69, 9.17) is 9.73 Å². The molecule has 1 spiro atoms. The molecule has 156 valence electrons. The van der Waals surface area contributed by atoms with E-state index < -0.39 is 0 Å². The van der Waals surface area contributed by atoms with Gasteiger partial charge in [-0.1, -0.05) is 31.0 Å². The van der Waals surface area contributed by atoms with Crippen molar-refractivity contribution in [1.29, 1.82) is 0 Å². The second-order valence-corrected chi connectivity index (χ2v) is 8.49. The van der Waals surface area contributed by atoms with E-state index in [-0.39, 0.29) is 24.0 Å². The number of pyridine rings is 1. The van der Waals surface area contributed by atoms with E-state index in [0.29, 0.717) is 30.0 Å². The zero-order valence-corrected chi connectivity index (χ0v) is 19.4. The Morgan fingerprint density at radius 3 is 2.90 bits per heavy atom. The molecule has 2 heterocycles. The second kappa shape index (κ2) is 8.76. The minimum atomic E-state index is 0. The normalized spacial score (nSPS) is 27.3. The molecule has 3 fully saturated rings. The number of nitrogens with one attached hydrogen (secondary N) is 2. The van der Waals surface area contributed by atoms with Crippen molar-refractivity contribution in [2.45, 2.75) is 57.7 Å². The number of hydrogen-bond acceptors (Lipinski definition) is 3. The standard InChI is InChI=1S/C23H30N4O.HI/c1-2-24-22(26-15-16-9-13-25-19-8-4-3-7-17(16)19)27-20-18-10-14-28-21(18)23(20)11-5-6-12-23;/h3-4,7-9,13,18,20-21H,2,5-6,10-12,14-15H2,1H3,(H2,24,26,27);1H. The number of benzene rings is 1. The van der Waals surface area contributed by atoms with Crippen LogP contribution < -0.4 is 10.6 Å². The van der Waals surface area contributed by atoms with Crippen LogP contribution in [0.4, 0.5) is 0 Å². The van der Waals surface area contributed by atoms with Crippen molar-refractivity contribution in [3.63, 3.8) is 0 Å². The van der Waals surface area contributed by atoms with Crippen molar-refractivity contribution in [3.8, 4) is 0 Å². The van der Waals surface area contributed by atoms with E-state index in [1.165, 1.54) is 43.1 Å². The third-order valence-corrected chi connectivity index (χ3v) is 7.07. The van der Waals surface area contributed by atoms with Gasteiger partial charge in [0.2, 0.25) is 0 Å². The van der Waals surface area contributed by atoms with Gasteiger partial charge in [0.05, 0.1) is 18.2 Å². The number of rotatable bonds is 4. The molecule has 0 radical (unpaired) electrons. The highest BCUT2D eigenvalue weighted by Gasteiger charge is 2.65. The number of aromatic nitrogens is 1. The summed E-state index contributed by atoms with van der Waals surface area (Å²) in [4.78, 5) is 9.42. The van der Waals surface area contributed by atoms with Crippen LogP contribution in [0, 0.1) is 11.3 Å². The summed E-state index contributed by atoms with van der Waals surface area (Å²) in [7, 11) is 0. The molecule has 3 aliphatic rings. The van der Waals surface area contributed by atoms with E-state index in [2.05, 4.69) is 46.8 Å². The number of hydrogen-bond donors (Lipinski definition) is 2. The third kappa shape index (κ3) is 3.63. The Bertz CT molecular complexity index is 875. The van der Waals surface area contributed by atoms with Gasteiger partial charge in [-0.25, -0.2) is 4.99 Å². The molecule has 1 aromatic carbocycles. The maximum absolute atomic E-state index is 6.13. The van der Waals surface area contributed by atoms with E-state index >= 15 is 0 Å². The van der Waals surface area contributed by atoms with E-state index in [1.54, 1.807) is 0 Å². The Hall–Kier alpha value is -1.41. The maximum Gasteiger partial charge on any atom is 0.191 e. The van der Waals surface area contributed by atoms with Gasteiger partial charge in [0.1, 0.15) is 0 Å². The number of fused-ring (bicyclic) bond motifs is 3. The Balaban J connectivity index is 0.00000205. The van der Waals surface area contributed by atoms with Crippen LogP contribution >= 0.6 is 24.0 Å². The number of guanidine groups is 1. The lowest BCUT2D eigenvalue weighted by Gasteiger charge is -2.57. The van der Waals surface area contributed by atoms with Gasteiger partial charge in [-0.2, -0.15) is 0 Å². The van der Waals surface area contributed by atoms with Crippen LogP contribution in [0.15, 0.2) is 41.5 Å². The molecule has 1 aliphatic heterocycles. The van der Waals surface area contributed by atoms with E-state index in [9.17, 15) is 0 Å². The van der Waals surface area contributed by atoms with Crippen LogP contribution in [0.25, 0.3) is 10.9 Å². The first-order chi connectivity index (χ1) is 13.8. The van der Waals surface area contributed by atoms with Crippen molar-refractivity contribution in [3.05, 3.63) is 42.1 Å². The molecule has 1 saturated heterocycles. The van der Waals surface area contributed by atoms with Gasteiger partial charge in [0.15, 0.2) is 5.96 Å². The molecular formula is C23H31IN4O. The Morgan fingerprint density at radius 2 is 2.07 bits per heavy atom. The molecule has 5 rings (SSSR count). The van der Waals surface area contributed by atoms with Crippen LogP contribution in [0.2, 0.25) is 0 Å². The molecule has 6 heteroatoms. The number of halogens is 1. The Morgan fingerprint density at radius 1 is 1.24 bits per heavy atom. The molecule has 0 amide bonds. The van der Waals surface area contributed by atoms with Crippen molar-refractivity contribution in [2.75, 3.05) is 13.2 Å². The first kappa shape index (κ1) is 20.8. The molecule has 2 saturated carbocycles. The number of ether oxygens (including phenoxy) is 1. The summed E-state index contributed by atoms with van der Waals surface area (Å²) < 4.78 is 6.13. The van der Waals surface area contributed by atoms with Crippen LogP contribution in [-0.4, -0.2) is 36.2 Å². The molecule has 1 aromatic heterocycles. The molecule has 2 aliphatic carbocycles. The predicted molar refractivity (Wildman–Crippen MR) is 128 cm³/mol. The topological polar surface area (TPSA) is 58.5 Å². The Labute approximate surface area is 190 Å². The minimum absolute atomic E-state index is 0. The third-order valence-electron chi connectivity index (χ3n) is 7.07. The fourth-order valence-corrected chi connectivity index (χ4v) is 5.83. The smallest absolute Gasteiger partial charge is 0.191 e. The van der Waals surface area contributed by atoms with Crippen molar-refractivity contribution in [2.24, 2.45) is 16.3 Å². The maximum atomic E-state index is 6.13. The van der Waals surface area contributed by atoms with Crippen LogP contribution in [0.5, 0.6) is 0 Å². The van der Waals surface area contributed by atoms with Gasteiger partial charge in [0.25, 0.3) is 0 Å².